The van der Waals surface area contributed by atoms with Gasteiger partial charge in [-0.05, 0) is 30.5 Å². The van der Waals surface area contributed by atoms with E-state index in [9.17, 15) is 9.59 Å². The van der Waals surface area contributed by atoms with Crippen LogP contribution in [0.25, 0.3) is 0 Å². The molecule has 0 unspecified atom stereocenters. The minimum absolute atomic E-state index is 0.107. The zero-order valence-corrected chi connectivity index (χ0v) is 11.5. The molecule has 1 rings (SSSR count). The third kappa shape index (κ3) is 5.71. The SMILES string of the molecule is COc1cccc(CCNC(=O)[C@@H](N)CCC(=O)O)c1. The number of amides is 1. The molecule has 110 valence electrons. The molecule has 0 radical (unpaired) electrons. The fourth-order valence-electron chi connectivity index (χ4n) is 1.70. The van der Waals surface area contributed by atoms with Crippen molar-refractivity contribution < 1.29 is 19.4 Å². The van der Waals surface area contributed by atoms with E-state index in [1.165, 1.54) is 0 Å². The number of hydrogen-bond donors (Lipinski definition) is 3. The minimum atomic E-state index is -0.954. The van der Waals surface area contributed by atoms with E-state index in [-0.39, 0.29) is 18.7 Å². The van der Waals surface area contributed by atoms with Gasteiger partial charge in [0.05, 0.1) is 13.2 Å². The number of carboxylic acid groups (broad SMARTS) is 1. The summed E-state index contributed by atoms with van der Waals surface area (Å²) >= 11 is 0. The van der Waals surface area contributed by atoms with E-state index in [2.05, 4.69) is 5.32 Å². The molecule has 0 saturated heterocycles. The number of rotatable bonds is 8. The van der Waals surface area contributed by atoms with Gasteiger partial charge in [-0.15, -0.1) is 0 Å². The summed E-state index contributed by atoms with van der Waals surface area (Å²) in [6, 6.07) is 6.80. The third-order valence-electron chi connectivity index (χ3n) is 2.85. The zero-order valence-electron chi connectivity index (χ0n) is 11.5. The van der Waals surface area contributed by atoms with E-state index < -0.39 is 12.0 Å². The molecule has 0 aliphatic rings. The van der Waals surface area contributed by atoms with Crippen LogP contribution in [-0.4, -0.2) is 36.7 Å². The predicted molar refractivity (Wildman–Crippen MR) is 74.6 cm³/mol. The number of hydrogen-bond acceptors (Lipinski definition) is 4. The summed E-state index contributed by atoms with van der Waals surface area (Å²) in [4.78, 5) is 22.0. The molecular weight excluding hydrogens is 260 g/mol. The quantitative estimate of drug-likeness (QED) is 0.645. The second-order valence-electron chi connectivity index (χ2n) is 4.43. The molecule has 0 aliphatic heterocycles. The van der Waals surface area contributed by atoms with Gasteiger partial charge in [0.25, 0.3) is 0 Å². The number of aliphatic carboxylic acids is 1. The molecule has 1 aromatic carbocycles. The first kappa shape index (κ1) is 16.0. The van der Waals surface area contributed by atoms with Crippen molar-refractivity contribution in [3.05, 3.63) is 29.8 Å². The van der Waals surface area contributed by atoms with Crippen LogP contribution in [0.2, 0.25) is 0 Å². The largest absolute Gasteiger partial charge is 0.497 e. The van der Waals surface area contributed by atoms with Crippen molar-refractivity contribution >= 4 is 11.9 Å². The van der Waals surface area contributed by atoms with Gasteiger partial charge in [0.15, 0.2) is 0 Å². The Morgan fingerprint density at radius 2 is 2.20 bits per heavy atom. The molecule has 0 bridgehead atoms. The highest BCUT2D eigenvalue weighted by Crippen LogP contribution is 2.12. The van der Waals surface area contributed by atoms with Gasteiger partial charge in [0.2, 0.25) is 5.91 Å². The van der Waals surface area contributed by atoms with Gasteiger partial charge in [0, 0.05) is 13.0 Å². The molecule has 6 heteroatoms. The summed E-state index contributed by atoms with van der Waals surface area (Å²) < 4.78 is 5.11. The third-order valence-corrected chi connectivity index (χ3v) is 2.85. The standard InChI is InChI=1S/C14H20N2O4/c1-20-11-4-2-3-10(9-11)7-8-16-14(19)12(15)5-6-13(17)18/h2-4,9,12H,5-8,15H2,1H3,(H,16,19)(H,17,18)/t12-/m0/s1. The summed E-state index contributed by atoms with van der Waals surface area (Å²) in [5.41, 5.74) is 6.64. The van der Waals surface area contributed by atoms with Gasteiger partial charge in [-0.2, -0.15) is 0 Å². The summed E-state index contributed by atoms with van der Waals surface area (Å²) in [7, 11) is 1.60. The van der Waals surface area contributed by atoms with Crippen molar-refractivity contribution in [2.45, 2.75) is 25.3 Å². The Bertz CT molecular complexity index is 462. The maximum Gasteiger partial charge on any atom is 0.303 e. The maximum atomic E-state index is 11.6. The van der Waals surface area contributed by atoms with Crippen molar-refractivity contribution in [3.63, 3.8) is 0 Å². The van der Waals surface area contributed by atoms with Crippen LogP contribution >= 0.6 is 0 Å². The van der Waals surface area contributed by atoms with Gasteiger partial charge in [-0.1, -0.05) is 12.1 Å². The zero-order chi connectivity index (χ0) is 15.0. The van der Waals surface area contributed by atoms with E-state index in [4.69, 9.17) is 15.6 Å². The van der Waals surface area contributed by atoms with E-state index in [0.29, 0.717) is 13.0 Å². The number of carboxylic acids is 1. The van der Waals surface area contributed by atoms with Crippen LogP contribution in [0, 0.1) is 0 Å². The summed E-state index contributed by atoms with van der Waals surface area (Å²) in [5, 5.41) is 11.2. The second-order valence-corrected chi connectivity index (χ2v) is 4.43. The number of nitrogens with two attached hydrogens (primary N) is 1. The van der Waals surface area contributed by atoms with Crippen LogP contribution in [0.15, 0.2) is 24.3 Å². The van der Waals surface area contributed by atoms with Gasteiger partial charge in [0.1, 0.15) is 5.75 Å². The predicted octanol–water partition coefficient (Wildman–Crippen LogP) is 0.546. The molecule has 0 aliphatic carbocycles. The average Bonchev–Trinajstić information content (AvgIpc) is 2.44. The fourth-order valence-corrected chi connectivity index (χ4v) is 1.70. The summed E-state index contributed by atoms with van der Waals surface area (Å²) in [6.07, 6.45) is 0.694. The Balaban J connectivity index is 2.32. The molecule has 0 fully saturated rings. The van der Waals surface area contributed by atoms with Crippen LogP contribution < -0.4 is 15.8 Å². The molecule has 0 spiro atoms. The molecular formula is C14H20N2O4. The number of nitrogens with one attached hydrogen (secondary N) is 1. The van der Waals surface area contributed by atoms with Crippen LogP contribution in [-0.2, 0) is 16.0 Å². The smallest absolute Gasteiger partial charge is 0.303 e. The Kier molecular flexibility index (Phi) is 6.52. The minimum Gasteiger partial charge on any atom is -0.497 e. The highest BCUT2D eigenvalue weighted by molar-refractivity contribution is 5.82. The van der Waals surface area contributed by atoms with Crippen LogP contribution in [0.1, 0.15) is 18.4 Å². The lowest BCUT2D eigenvalue weighted by molar-refractivity contribution is -0.137. The van der Waals surface area contributed by atoms with Gasteiger partial charge in [-0.3, -0.25) is 9.59 Å². The Labute approximate surface area is 117 Å². The number of carbonyl (C=O) groups is 2. The average molecular weight is 280 g/mol. The number of benzene rings is 1. The fraction of sp³-hybridized carbons (Fsp3) is 0.429. The highest BCUT2D eigenvalue weighted by Gasteiger charge is 2.14. The highest BCUT2D eigenvalue weighted by atomic mass is 16.5. The van der Waals surface area contributed by atoms with Crippen LogP contribution in [0.4, 0.5) is 0 Å². The molecule has 20 heavy (non-hydrogen) atoms. The van der Waals surface area contributed by atoms with E-state index in [0.717, 1.165) is 11.3 Å². The lowest BCUT2D eigenvalue weighted by Gasteiger charge is -2.11. The first-order valence-corrected chi connectivity index (χ1v) is 6.41. The molecule has 1 amide bonds. The maximum absolute atomic E-state index is 11.6. The van der Waals surface area contributed by atoms with Crippen molar-refractivity contribution in [2.24, 2.45) is 5.73 Å². The monoisotopic (exact) mass is 280 g/mol. The molecule has 6 nitrogen and oxygen atoms in total. The summed E-state index contributed by atoms with van der Waals surface area (Å²) in [5.74, 6) is -0.509. The number of methoxy groups -OCH3 is 1. The van der Waals surface area contributed by atoms with Crippen LogP contribution in [0.3, 0.4) is 0 Å². The van der Waals surface area contributed by atoms with Gasteiger partial charge < -0.3 is 20.9 Å². The van der Waals surface area contributed by atoms with Gasteiger partial charge >= 0.3 is 5.97 Å². The van der Waals surface area contributed by atoms with Crippen molar-refractivity contribution in [2.75, 3.05) is 13.7 Å². The van der Waals surface area contributed by atoms with Crippen molar-refractivity contribution in [1.82, 2.24) is 5.32 Å². The topological polar surface area (TPSA) is 102 Å². The molecule has 1 atom stereocenters. The summed E-state index contributed by atoms with van der Waals surface area (Å²) in [6.45, 7) is 0.451. The van der Waals surface area contributed by atoms with E-state index in [1.54, 1.807) is 7.11 Å². The number of carbonyl (C=O) groups excluding carboxylic acids is 1. The van der Waals surface area contributed by atoms with Crippen molar-refractivity contribution in [1.29, 1.82) is 0 Å². The molecule has 0 saturated carbocycles. The molecule has 4 N–H and O–H groups in total. The normalized spacial score (nSPS) is 11.7. The van der Waals surface area contributed by atoms with Crippen LogP contribution in [0.5, 0.6) is 5.75 Å². The van der Waals surface area contributed by atoms with E-state index >= 15 is 0 Å². The van der Waals surface area contributed by atoms with Gasteiger partial charge in [-0.25, -0.2) is 0 Å². The second kappa shape index (κ2) is 8.16. The molecule has 1 aromatic rings. The first-order chi connectivity index (χ1) is 9.52. The first-order valence-electron chi connectivity index (χ1n) is 6.41. The molecule has 0 aromatic heterocycles. The van der Waals surface area contributed by atoms with E-state index in [1.807, 2.05) is 24.3 Å². The lowest BCUT2D eigenvalue weighted by atomic mass is 10.1. The number of ether oxygens (including phenoxy) is 1. The Morgan fingerprint density at radius 3 is 2.85 bits per heavy atom. The van der Waals surface area contributed by atoms with Crippen molar-refractivity contribution in [3.8, 4) is 5.75 Å². The lowest BCUT2D eigenvalue weighted by Crippen LogP contribution is -2.41. The Morgan fingerprint density at radius 1 is 1.45 bits per heavy atom. The molecule has 0 heterocycles. The Hall–Kier alpha value is -2.08.